The SMILES string of the molecule is C.C.Cl.O=C1c2ccsc2CCC1Cc1cnc[nH]1.OC1c2ccsc2CCC1Cc1cnc[nH]1.S=c1[nH]cc(CC2CCc3sccc3C2)[nH]1.[B].[H-].[Na+].c1ncc(CC2CCc3sccc3C2)[nH]1. The molecule has 5 unspecified atom stereocenters. The third kappa shape index (κ3) is 14.9. The van der Waals surface area contributed by atoms with Gasteiger partial charge < -0.3 is 31.5 Å². The van der Waals surface area contributed by atoms with Crippen molar-refractivity contribution in [2.24, 2.45) is 23.7 Å². The topological polar surface area (TPSA) is 155 Å². The minimum Gasteiger partial charge on any atom is -1.00 e. The molecular formula is C50H64BClN8NaO2S5. The molecule has 68 heavy (non-hydrogen) atoms. The number of aliphatic hydroxyl groups excluding tert-OH is 1. The van der Waals surface area contributed by atoms with E-state index in [-0.39, 0.29) is 78.7 Å². The number of aromatic nitrogens is 8. The summed E-state index contributed by atoms with van der Waals surface area (Å²) in [5, 5.41) is 18.8. The summed E-state index contributed by atoms with van der Waals surface area (Å²) in [6.07, 6.45) is 28.2. The van der Waals surface area contributed by atoms with Gasteiger partial charge in [-0.05, 0) is 182 Å². The number of aryl methyl sites for hydroxylation is 4. The van der Waals surface area contributed by atoms with Gasteiger partial charge >= 0.3 is 29.6 Å². The van der Waals surface area contributed by atoms with E-state index in [1.807, 2.05) is 52.7 Å². The number of imidazole rings is 4. The Morgan fingerprint density at radius 1 is 0.632 bits per heavy atom. The Bertz CT molecular complexity index is 2690. The van der Waals surface area contributed by atoms with Crippen molar-refractivity contribution in [3.63, 3.8) is 0 Å². The third-order valence-corrected chi connectivity index (χ3v) is 17.2. The molecule has 0 saturated heterocycles. The zero-order chi connectivity index (χ0) is 43.0. The van der Waals surface area contributed by atoms with Crippen molar-refractivity contribution < 1.29 is 40.9 Å². The van der Waals surface area contributed by atoms with Gasteiger partial charge in [0.25, 0.3) is 0 Å². The van der Waals surface area contributed by atoms with Crippen molar-refractivity contribution in [2.45, 2.75) is 111 Å². The van der Waals surface area contributed by atoms with Crippen molar-refractivity contribution in [1.82, 2.24) is 39.9 Å². The van der Waals surface area contributed by atoms with Crippen LogP contribution in [0.1, 0.15) is 117 Å². The second-order valence-electron chi connectivity index (χ2n) is 17.2. The monoisotopic (exact) mass is 1040 g/mol. The molecule has 0 aromatic carbocycles. The summed E-state index contributed by atoms with van der Waals surface area (Å²) in [5.74, 6) is 2.32. The summed E-state index contributed by atoms with van der Waals surface area (Å²) >= 11 is 12.3. The Labute approximate surface area is 454 Å². The number of Topliss-reactive ketones (excluding diaryl/α,β-unsaturated/α-hetero) is 1. The first kappa shape index (κ1) is 57.4. The van der Waals surface area contributed by atoms with E-state index < -0.39 is 0 Å². The third-order valence-electron chi connectivity index (χ3n) is 12.9. The molecule has 5 atom stereocenters. The molecule has 3 radical (unpaired) electrons. The number of H-pyrrole nitrogens is 5. The van der Waals surface area contributed by atoms with Gasteiger partial charge in [0.1, 0.15) is 0 Å². The Morgan fingerprint density at radius 2 is 1.13 bits per heavy atom. The predicted octanol–water partition coefficient (Wildman–Crippen LogP) is 9.50. The summed E-state index contributed by atoms with van der Waals surface area (Å²) in [6, 6.07) is 8.59. The predicted molar refractivity (Wildman–Crippen MR) is 285 cm³/mol. The molecule has 0 amide bonds. The van der Waals surface area contributed by atoms with Crippen LogP contribution in [0.25, 0.3) is 0 Å². The van der Waals surface area contributed by atoms with E-state index in [9.17, 15) is 9.90 Å². The van der Waals surface area contributed by atoms with Gasteiger partial charge in [-0.2, -0.15) is 0 Å². The van der Waals surface area contributed by atoms with Crippen LogP contribution in [-0.2, 0) is 64.2 Å². The standard InChI is InChI=1S/C12H14N2OS.C12H12N2OS.C12H14N2S2.C12H14N2S.2CH4.B.ClH.Na.H/c2*15-12-8(5-9-6-13-7-14-9)1-2-11-10(12)3-4-16-11;15-12-13-7-10(14-12)6-8-1-2-11-9(5-8)3-4-16-11;1-2-12-10(3-4-15-12)5-9(1)6-11-7-13-8-14-11;;;;;;/h3-4,6-8,12,15H,1-2,5H2,(H,13,14);3-4,6-8H,1-2,5H2,(H,13,14);3-4,7-8H,1-2,5-6H2,(H2,13,14,15);3-4,7-9H,1-2,5-6H2,(H,13,14);2*1H4;;1H;;/q;;;;;;;;+1;-1. The molecule has 12 rings (SSSR count). The molecule has 0 saturated carbocycles. The Kier molecular flexibility index (Phi) is 23.7. The number of carbonyl (C=O) groups excluding carboxylic acids is 1. The molecule has 0 fully saturated rings. The number of hydrogen-bond acceptors (Lipinski definition) is 10. The fraction of sp³-hybridized carbons (Fsp3) is 0.420. The van der Waals surface area contributed by atoms with Gasteiger partial charge in [0, 0.05) is 87.0 Å². The molecule has 357 valence electrons. The van der Waals surface area contributed by atoms with Crippen LogP contribution in [0.4, 0.5) is 0 Å². The van der Waals surface area contributed by atoms with Gasteiger partial charge in [-0.25, -0.2) is 15.0 Å². The summed E-state index contributed by atoms with van der Waals surface area (Å²) < 4.78 is 0.738. The van der Waals surface area contributed by atoms with E-state index in [0.29, 0.717) is 11.7 Å². The first-order valence-corrected chi connectivity index (χ1v) is 26.0. The first-order chi connectivity index (χ1) is 30.9. The van der Waals surface area contributed by atoms with E-state index in [1.54, 1.807) is 68.7 Å². The Morgan fingerprint density at radius 3 is 1.71 bits per heavy atom. The fourth-order valence-corrected chi connectivity index (χ4v) is 13.5. The van der Waals surface area contributed by atoms with Gasteiger partial charge in [-0.15, -0.1) is 57.8 Å². The maximum absolute atomic E-state index is 12.2. The quantitative estimate of drug-likeness (QED) is 0.0659. The number of aromatic amines is 5. The van der Waals surface area contributed by atoms with E-state index in [2.05, 4.69) is 74.2 Å². The number of fused-ring (bicyclic) bond motifs is 4. The second kappa shape index (κ2) is 28.0. The number of ketones is 1. The largest absolute Gasteiger partial charge is 1.00 e. The van der Waals surface area contributed by atoms with E-state index in [1.165, 1.54) is 59.7 Å². The molecule has 8 aromatic heterocycles. The van der Waals surface area contributed by atoms with Gasteiger partial charge in [0.05, 0.1) is 25.1 Å². The average molecular weight is 1040 g/mol. The van der Waals surface area contributed by atoms with Crippen LogP contribution in [0.5, 0.6) is 0 Å². The molecule has 0 aliphatic heterocycles. The fourth-order valence-electron chi connectivity index (χ4n) is 9.59. The zero-order valence-electron chi connectivity index (χ0n) is 38.2. The first-order valence-electron chi connectivity index (χ1n) is 22.1. The van der Waals surface area contributed by atoms with Gasteiger partial charge in [0.2, 0.25) is 0 Å². The molecule has 0 bridgehead atoms. The van der Waals surface area contributed by atoms with Crippen molar-refractivity contribution in [3.05, 3.63) is 159 Å². The van der Waals surface area contributed by atoms with E-state index >= 15 is 0 Å². The Balaban J connectivity index is 0.000000237. The molecule has 4 aliphatic carbocycles. The van der Waals surface area contributed by atoms with E-state index in [0.717, 1.165) is 90.5 Å². The summed E-state index contributed by atoms with van der Waals surface area (Å²) in [4.78, 5) is 45.6. The van der Waals surface area contributed by atoms with Crippen LogP contribution in [0.3, 0.4) is 0 Å². The van der Waals surface area contributed by atoms with Gasteiger partial charge in [0.15, 0.2) is 10.6 Å². The van der Waals surface area contributed by atoms with Crippen molar-refractivity contribution in [1.29, 1.82) is 0 Å². The van der Waals surface area contributed by atoms with Crippen LogP contribution >= 0.6 is 70.0 Å². The van der Waals surface area contributed by atoms with Crippen LogP contribution in [0, 0.1) is 28.4 Å². The minimum atomic E-state index is -0.307. The van der Waals surface area contributed by atoms with Crippen LogP contribution in [0.15, 0.2) is 89.6 Å². The number of rotatable bonds is 8. The van der Waals surface area contributed by atoms with E-state index in [4.69, 9.17) is 12.2 Å². The normalized spacial score (nSPS) is 19.4. The Hall–Kier alpha value is -3.16. The molecule has 6 N–H and O–H groups in total. The van der Waals surface area contributed by atoms with Gasteiger partial charge in [-0.1, -0.05) is 14.9 Å². The maximum Gasteiger partial charge on any atom is 1.00 e. The summed E-state index contributed by atoms with van der Waals surface area (Å²) in [6.45, 7) is 0. The molecule has 4 aliphatic rings. The number of thiophene rings is 4. The number of aliphatic hydroxyl groups is 1. The van der Waals surface area contributed by atoms with Crippen molar-refractivity contribution in [2.75, 3.05) is 0 Å². The van der Waals surface area contributed by atoms with Gasteiger partial charge in [-0.3, -0.25) is 4.79 Å². The number of nitrogens with zero attached hydrogens (tertiary/aromatic N) is 3. The summed E-state index contributed by atoms with van der Waals surface area (Å²) in [5.41, 5.74) is 9.92. The van der Waals surface area contributed by atoms with Crippen LogP contribution in [-0.4, -0.2) is 59.2 Å². The van der Waals surface area contributed by atoms with Crippen LogP contribution in [0.2, 0.25) is 0 Å². The molecule has 8 aromatic rings. The summed E-state index contributed by atoms with van der Waals surface area (Å²) in [7, 11) is 0. The minimum absolute atomic E-state index is 0. The molecule has 18 heteroatoms. The molecular weight excluding hydrogens is 974 g/mol. The second-order valence-corrected chi connectivity index (χ2v) is 21.6. The smallest absolute Gasteiger partial charge is 1.00 e. The van der Waals surface area contributed by atoms with Crippen molar-refractivity contribution in [3.8, 4) is 0 Å². The number of halogens is 1. The van der Waals surface area contributed by atoms with Crippen LogP contribution < -0.4 is 29.6 Å². The zero-order valence-corrected chi connectivity index (χ0v) is 44.1. The molecule has 8 heterocycles. The number of nitrogens with one attached hydrogen (secondary N) is 5. The van der Waals surface area contributed by atoms with Crippen molar-refractivity contribution >= 4 is 84.2 Å². The molecule has 0 spiro atoms. The average Bonchev–Trinajstić information content (AvgIpc) is 4.15. The number of hydrogen-bond donors (Lipinski definition) is 6. The number of carbonyl (C=O) groups is 1. The molecule has 10 nitrogen and oxygen atoms in total. The maximum atomic E-state index is 12.2.